The van der Waals surface area contributed by atoms with Crippen LogP contribution >= 0.6 is 11.3 Å². The number of ether oxygens (including phenoxy) is 3. The molecule has 0 saturated carbocycles. The van der Waals surface area contributed by atoms with Gasteiger partial charge in [-0.05, 0) is 55.0 Å². The fourth-order valence-electron chi connectivity index (χ4n) is 2.50. The Labute approximate surface area is 155 Å². The van der Waals surface area contributed by atoms with Crippen molar-refractivity contribution >= 4 is 22.7 Å². The Morgan fingerprint density at radius 1 is 1.19 bits per heavy atom. The van der Waals surface area contributed by atoms with Gasteiger partial charge < -0.3 is 14.2 Å². The molecule has 0 spiro atoms. The molecular weight excluding hydrogens is 350 g/mol. The monoisotopic (exact) mass is 367 g/mol. The van der Waals surface area contributed by atoms with Crippen LogP contribution < -0.4 is 19.6 Å². The van der Waals surface area contributed by atoms with Crippen molar-refractivity contribution < 1.29 is 14.2 Å². The quantitative estimate of drug-likeness (QED) is 0.517. The number of hydrazone groups is 1. The van der Waals surface area contributed by atoms with E-state index in [-0.39, 0.29) is 6.79 Å². The Hall–Kier alpha value is -3.06. The molecule has 3 aromatic rings. The summed E-state index contributed by atoms with van der Waals surface area (Å²) < 4.78 is 16.1. The number of nitrogens with one attached hydrogen (secondary N) is 1. The minimum atomic E-state index is 0.265. The number of hydrogen-bond donors (Lipinski definition) is 1. The molecule has 0 unspecified atom stereocenters. The van der Waals surface area contributed by atoms with E-state index in [2.05, 4.69) is 15.5 Å². The maximum absolute atomic E-state index is 5.46. The van der Waals surface area contributed by atoms with Crippen LogP contribution in [0.2, 0.25) is 0 Å². The third-order valence-corrected chi connectivity index (χ3v) is 4.48. The molecule has 2 aromatic carbocycles. The fraction of sp³-hybridized carbons (Fsp3) is 0.158. The molecule has 0 aliphatic carbocycles. The van der Waals surface area contributed by atoms with Crippen molar-refractivity contribution in [3.63, 3.8) is 0 Å². The maximum atomic E-state index is 5.46. The number of thiazole rings is 1. The molecule has 7 heteroatoms. The average molecular weight is 367 g/mol. The summed E-state index contributed by atoms with van der Waals surface area (Å²) in [7, 11) is 0. The van der Waals surface area contributed by atoms with E-state index in [1.165, 1.54) is 11.3 Å². The highest BCUT2D eigenvalue weighted by molar-refractivity contribution is 7.14. The Kier molecular flexibility index (Phi) is 4.70. The number of anilines is 1. The topological polar surface area (TPSA) is 65.0 Å². The number of nitrogens with zero attached hydrogens (tertiary/aromatic N) is 2. The van der Waals surface area contributed by atoms with Gasteiger partial charge in [-0.1, -0.05) is 0 Å². The SMILES string of the molecule is CCOc1ccc(-c2csc(N/N=C\c3ccc4c(c3)OCO4)n2)cc1. The lowest BCUT2D eigenvalue weighted by molar-refractivity contribution is 0.174. The molecule has 0 radical (unpaired) electrons. The molecule has 1 aliphatic heterocycles. The molecule has 132 valence electrons. The zero-order valence-corrected chi connectivity index (χ0v) is 15.0. The lowest BCUT2D eigenvalue weighted by Crippen LogP contribution is -1.93. The van der Waals surface area contributed by atoms with Crippen molar-refractivity contribution in [3.8, 4) is 28.5 Å². The molecule has 1 N–H and O–H groups in total. The summed E-state index contributed by atoms with van der Waals surface area (Å²) in [5.74, 6) is 2.36. The second-order valence-corrected chi connectivity index (χ2v) is 6.34. The first kappa shape index (κ1) is 16.4. The molecule has 0 bridgehead atoms. The molecule has 1 aliphatic rings. The number of benzene rings is 2. The Bertz CT molecular complexity index is 922. The van der Waals surface area contributed by atoms with E-state index in [0.29, 0.717) is 6.61 Å². The Balaban J connectivity index is 1.40. The van der Waals surface area contributed by atoms with Gasteiger partial charge in [-0.15, -0.1) is 11.3 Å². The van der Waals surface area contributed by atoms with Gasteiger partial charge in [0.2, 0.25) is 11.9 Å². The van der Waals surface area contributed by atoms with Gasteiger partial charge in [0.25, 0.3) is 0 Å². The molecule has 26 heavy (non-hydrogen) atoms. The van der Waals surface area contributed by atoms with Crippen LogP contribution in [0.3, 0.4) is 0 Å². The van der Waals surface area contributed by atoms with Gasteiger partial charge in [-0.2, -0.15) is 5.10 Å². The van der Waals surface area contributed by atoms with E-state index < -0.39 is 0 Å². The predicted molar refractivity (Wildman–Crippen MR) is 103 cm³/mol. The Morgan fingerprint density at radius 2 is 2.04 bits per heavy atom. The van der Waals surface area contributed by atoms with Gasteiger partial charge in [0.15, 0.2) is 11.5 Å². The van der Waals surface area contributed by atoms with Gasteiger partial charge in [-0.25, -0.2) is 4.98 Å². The molecule has 1 aromatic heterocycles. The van der Waals surface area contributed by atoms with Crippen LogP contribution in [0.1, 0.15) is 12.5 Å². The predicted octanol–water partition coefficient (Wildman–Crippen LogP) is 4.38. The van der Waals surface area contributed by atoms with Crippen LogP contribution in [0.5, 0.6) is 17.2 Å². The van der Waals surface area contributed by atoms with Crippen molar-refractivity contribution in [1.82, 2.24) is 4.98 Å². The fourth-order valence-corrected chi connectivity index (χ4v) is 3.17. The van der Waals surface area contributed by atoms with Crippen LogP contribution in [-0.2, 0) is 0 Å². The summed E-state index contributed by atoms with van der Waals surface area (Å²) in [5, 5.41) is 6.96. The average Bonchev–Trinajstić information content (AvgIpc) is 3.32. The minimum absolute atomic E-state index is 0.265. The van der Waals surface area contributed by atoms with Crippen molar-refractivity contribution in [2.75, 3.05) is 18.8 Å². The van der Waals surface area contributed by atoms with E-state index >= 15 is 0 Å². The molecule has 0 fully saturated rings. The van der Waals surface area contributed by atoms with Gasteiger partial charge in [0.1, 0.15) is 5.75 Å². The maximum Gasteiger partial charge on any atom is 0.231 e. The smallest absolute Gasteiger partial charge is 0.231 e. The summed E-state index contributed by atoms with van der Waals surface area (Å²) in [5.41, 5.74) is 5.83. The van der Waals surface area contributed by atoms with Crippen molar-refractivity contribution in [1.29, 1.82) is 0 Å². The summed E-state index contributed by atoms with van der Waals surface area (Å²) in [6.07, 6.45) is 1.72. The van der Waals surface area contributed by atoms with Gasteiger partial charge in [-0.3, -0.25) is 5.43 Å². The molecular formula is C19H17N3O3S. The first-order chi connectivity index (χ1) is 12.8. The standard InChI is InChI=1S/C19H17N3O3S/c1-2-23-15-6-4-14(5-7-15)16-11-26-19(21-16)22-20-10-13-3-8-17-18(9-13)25-12-24-17/h3-11H,2,12H2,1H3,(H,21,22)/b20-10-. The molecule has 2 heterocycles. The molecule has 0 amide bonds. The minimum Gasteiger partial charge on any atom is -0.494 e. The number of aromatic nitrogens is 1. The molecule has 6 nitrogen and oxygen atoms in total. The van der Waals surface area contributed by atoms with E-state index in [9.17, 15) is 0 Å². The summed E-state index contributed by atoms with van der Waals surface area (Å²) >= 11 is 1.50. The number of hydrogen-bond acceptors (Lipinski definition) is 7. The normalized spacial score (nSPS) is 12.5. The first-order valence-electron chi connectivity index (χ1n) is 8.19. The van der Waals surface area contributed by atoms with Crippen molar-refractivity contribution in [3.05, 3.63) is 53.4 Å². The van der Waals surface area contributed by atoms with Crippen LogP contribution in [0, 0.1) is 0 Å². The van der Waals surface area contributed by atoms with Crippen LogP contribution in [-0.4, -0.2) is 24.6 Å². The highest BCUT2D eigenvalue weighted by Gasteiger charge is 2.12. The van der Waals surface area contributed by atoms with Gasteiger partial charge in [0.05, 0.1) is 18.5 Å². The molecule has 0 saturated heterocycles. The molecule has 4 rings (SSSR count). The lowest BCUT2D eigenvalue weighted by atomic mass is 10.2. The zero-order valence-electron chi connectivity index (χ0n) is 14.1. The van der Waals surface area contributed by atoms with Crippen molar-refractivity contribution in [2.24, 2.45) is 5.10 Å². The highest BCUT2D eigenvalue weighted by atomic mass is 32.1. The van der Waals surface area contributed by atoms with Gasteiger partial charge >= 0.3 is 0 Å². The second kappa shape index (κ2) is 7.45. The van der Waals surface area contributed by atoms with Crippen LogP contribution in [0.4, 0.5) is 5.13 Å². The van der Waals surface area contributed by atoms with Gasteiger partial charge in [0, 0.05) is 10.9 Å². The van der Waals surface area contributed by atoms with E-state index in [4.69, 9.17) is 14.2 Å². The summed E-state index contributed by atoms with van der Waals surface area (Å²) in [6.45, 7) is 2.89. The summed E-state index contributed by atoms with van der Waals surface area (Å²) in [6, 6.07) is 13.6. The first-order valence-corrected chi connectivity index (χ1v) is 9.07. The van der Waals surface area contributed by atoms with E-state index in [1.54, 1.807) is 6.21 Å². The number of rotatable bonds is 6. The van der Waals surface area contributed by atoms with Crippen LogP contribution in [0.25, 0.3) is 11.3 Å². The second-order valence-electron chi connectivity index (χ2n) is 5.48. The third kappa shape index (κ3) is 3.62. The zero-order chi connectivity index (χ0) is 17.8. The lowest BCUT2D eigenvalue weighted by Gasteiger charge is -2.03. The van der Waals surface area contributed by atoms with E-state index in [1.807, 2.05) is 54.8 Å². The Morgan fingerprint density at radius 3 is 2.88 bits per heavy atom. The largest absolute Gasteiger partial charge is 0.494 e. The third-order valence-electron chi connectivity index (χ3n) is 3.74. The van der Waals surface area contributed by atoms with Crippen molar-refractivity contribution in [2.45, 2.75) is 6.92 Å². The molecule has 0 atom stereocenters. The highest BCUT2D eigenvalue weighted by Crippen LogP contribution is 2.32. The number of fused-ring (bicyclic) bond motifs is 1. The van der Waals surface area contributed by atoms with E-state index in [0.717, 1.165) is 39.2 Å². The van der Waals surface area contributed by atoms with Crippen LogP contribution in [0.15, 0.2) is 52.9 Å². The summed E-state index contributed by atoms with van der Waals surface area (Å²) in [4.78, 5) is 4.55.